The summed E-state index contributed by atoms with van der Waals surface area (Å²) in [5.41, 5.74) is 2.09. The highest BCUT2D eigenvalue weighted by molar-refractivity contribution is 7.13. The Bertz CT molecular complexity index is 1500. The van der Waals surface area contributed by atoms with Crippen LogP contribution in [0.4, 0.5) is 18.9 Å². The molecule has 1 amide bonds. The number of nitrogens with one attached hydrogen (secondary N) is 1. The second kappa shape index (κ2) is 8.72. The maximum Gasteiger partial charge on any atom is 0.416 e. The lowest BCUT2D eigenvalue weighted by Crippen LogP contribution is -2.13. The van der Waals surface area contributed by atoms with E-state index in [9.17, 15) is 18.0 Å². The molecule has 1 N–H and O–H groups in total. The molecule has 0 bridgehead atoms. The Morgan fingerprint density at radius 3 is 2.38 bits per heavy atom. The second-order valence-electron chi connectivity index (χ2n) is 7.51. The van der Waals surface area contributed by atoms with Gasteiger partial charge < -0.3 is 5.32 Å². The first-order valence-electron chi connectivity index (χ1n) is 10.3. The van der Waals surface area contributed by atoms with Crippen LogP contribution in [0, 0.1) is 0 Å². The first-order valence-corrected chi connectivity index (χ1v) is 11.2. The van der Waals surface area contributed by atoms with E-state index in [0.29, 0.717) is 22.5 Å². The normalized spacial score (nSPS) is 11.5. The number of para-hydroxylation sites is 1. The van der Waals surface area contributed by atoms with Gasteiger partial charge in [-0.25, -0.2) is 9.97 Å². The first-order chi connectivity index (χ1) is 16.4. The van der Waals surface area contributed by atoms with Crippen molar-refractivity contribution in [1.82, 2.24) is 9.97 Å². The first kappa shape index (κ1) is 21.8. The van der Waals surface area contributed by atoms with E-state index in [4.69, 9.17) is 0 Å². The van der Waals surface area contributed by atoms with Crippen LogP contribution in [0.2, 0.25) is 0 Å². The monoisotopic (exact) mass is 475 g/mol. The van der Waals surface area contributed by atoms with E-state index in [1.165, 1.54) is 17.4 Å². The van der Waals surface area contributed by atoms with Crippen LogP contribution < -0.4 is 5.32 Å². The van der Waals surface area contributed by atoms with Crippen LogP contribution in [0.3, 0.4) is 0 Å². The van der Waals surface area contributed by atoms with E-state index in [0.717, 1.165) is 28.1 Å². The fourth-order valence-electron chi connectivity index (χ4n) is 3.54. The quantitative estimate of drug-likeness (QED) is 0.297. The highest BCUT2D eigenvalue weighted by atomic mass is 32.1. The molecule has 4 nitrogen and oxygen atoms in total. The number of benzene rings is 3. The third kappa shape index (κ3) is 4.40. The van der Waals surface area contributed by atoms with Gasteiger partial charge in [0, 0.05) is 21.9 Å². The van der Waals surface area contributed by atoms with Crippen LogP contribution in [0.15, 0.2) is 90.3 Å². The molecule has 168 valence electrons. The highest BCUT2D eigenvalue weighted by Crippen LogP contribution is 2.33. The van der Waals surface area contributed by atoms with Gasteiger partial charge in [0.25, 0.3) is 5.91 Å². The molecule has 0 aliphatic rings. The van der Waals surface area contributed by atoms with E-state index in [1.807, 2.05) is 36.4 Å². The summed E-state index contributed by atoms with van der Waals surface area (Å²) in [6.45, 7) is 0. The summed E-state index contributed by atoms with van der Waals surface area (Å²) >= 11 is 1.37. The molecule has 3 aromatic carbocycles. The number of hydrogen-bond acceptors (Lipinski definition) is 4. The molecule has 0 unspecified atom stereocenters. The van der Waals surface area contributed by atoms with Gasteiger partial charge in [-0.3, -0.25) is 4.79 Å². The van der Waals surface area contributed by atoms with Crippen LogP contribution in [-0.4, -0.2) is 15.9 Å². The van der Waals surface area contributed by atoms with E-state index in [-0.39, 0.29) is 5.69 Å². The summed E-state index contributed by atoms with van der Waals surface area (Å²) in [7, 11) is 0. The molecule has 2 aromatic heterocycles. The van der Waals surface area contributed by atoms with Gasteiger partial charge in [0.1, 0.15) is 10.7 Å². The molecule has 5 rings (SSSR count). The predicted molar refractivity (Wildman–Crippen MR) is 128 cm³/mol. The average molecular weight is 475 g/mol. The number of hydrogen-bond donors (Lipinski definition) is 1. The zero-order valence-corrected chi connectivity index (χ0v) is 18.3. The Hall–Kier alpha value is -4.04. The van der Waals surface area contributed by atoms with Crippen LogP contribution in [-0.2, 0) is 6.18 Å². The molecule has 0 saturated heterocycles. The van der Waals surface area contributed by atoms with Crippen molar-refractivity contribution in [3.05, 3.63) is 102 Å². The van der Waals surface area contributed by atoms with Gasteiger partial charge in [-0.05, 0) is 24.3 Å². The highest BCUT2D eigenvalue weighted by Gasteiger charge is 2.30. The van der Waals surface area contributed by atoms with Crippen molar-refractivity contribution in [2.24, 2.45) is 0 Å². The van der Waals surface area contributed by atoms with Gasteiger partial charge in [0.15, 0.2) is 0 Å². The number of aromatic nitrogens is 2. The summed E-state index contributed by atoms with van der Waals surface area (Å²) in [4.78, 5) is 21.9. The molecule has 2 heterocycles. The Morgan fingerprint density at radius 1 is 0.824 bits per heavy atom. The SMILES string of the molecule is O=C(Nc1cccc2ccc(-c3cccc(C(F)(F)F)c3)nc12)c1csc(-c2ccccc2)n1. The van der Waals surface area contributed by atoms with Crippen LogP contribution in [0.1, 0.15) is 16.1 Å². The Labute approximate surface area is 196 Å². The number of thiazole rings is 1. The summed E-state index contributed by atoms with van der Waals surface area (Å²) < 4.78 is 39.4. The Balaban J connectivity index is 1.47. The van der Waals surface area contributed by atoms with E-state index in [2.05, 4.69) is 15.3 Å². The number of nitrogens with zero attached hydrogens (tertiary/aromatic N) is 2. The fourth-order valence-corrected chi connectivity index (χ4v) is 4.35. The van der Waals surface area contributed by atoms with Crippen molar-refractivity contribution >= 4 is 33.8 Å². The van der Waals surface area contributed by atoms with Crippen molar-refractivity contribution in [2.75, 3.05) is 5.32 Å². The smallest absolute Gasteiger partial charge is 0.319 e. The van der Waals surface area contributed by atoms with Gasteiger partial charge in [0.2, 0.25) is 0 Å². The number of pyridine rings is 1. The molecule has 8 heteroatoms. The molecule has 0 aliphatic carbocycles. The molecular weight excluding hydrogens is 459 g/mol. The third-order valence-electron chi connectivity index (χ3n) is 5.21. The van der Waals surface area contributed by atoms with Gasteiger partial charge in [-0.1, -0.05) is 60.7 Å². The number of amides is 1. The largest absolute Gasteiger partial charge is 0.416 e. The van der Waals surface area contributed by atoms with Gasteiger partial charge in [-0.15, -0.1) is 11.3 Å². The maximum absolute atomic E-state index is 13.1. The van der Waals surface area contributed by atoms with Crippen molar-refractivity contribution in [2.45, 2.75) is 6.18 Å². The number of carbonyl (C=O) groups excluding carboxylic acids is 1. The molecule has 0 spiro atoms. The predicted octanol–water partition coefficient (Wildman–Crippen LogP) is 7.30. The van der Waals surface area contributed by atoms with Gasteiger partial charge in [0.05, 0.1) is 22.5 Å². The van der Waals surface area contributed by atoms with Crippen LogP contribution in [0.5, 0.6) is 0 Å². The summed E-state index contributed by atoms with van der Waals surface area (Å²) in [5.74, 6) is -0.391. The van der Waals surface area contributed by atoms with Crippen molar-refractivity contribution < 1.29 is 18.0 Å². The second-order valence-corrected chi connectivity index (χ2v) is 8.37. The molecule has 5 aromatic rings. The average Bonchev–Trinajstić information content (AvgIpc) is 3.35. The fraction of sp³-hybridized carbons (Fsp3) is 0.0385. The van der Waals surface area contributed by atoms with Gasteiger partial charge >= 0.3 is 6.18 Å². The summed E-state index contributed by atoms with van der Waals surface area (Å²) in [5, 5.41) is 6.01. The number of fused-ring (bicyclic) bond motifs is 1. The number of carbonyl (C=O) groups is 1. The number of alkyl halides is 3. The lowest BCUT2D eigenvalue weighted by atomic mass is 10.1. The molecule has 0 fully saturated rings. The zero-order valence-electron chi connectivity index (χ0n) is 17.5. The van der Waals surface area contributed by atoms with Crippen molar-refractivity contribution in [3.63, 3.8) is 0 Å². The van der Waals surface area contributed by atoms with E-state index >= 15 is 0 Å². The van der Waals surface area contributed by atoms with E-state index in [1.54, 1.807) is 35.7 Å². The Kier molecular flexibility index (Phi) is 5.59. The summed E-state index contributed by atoms with van der Waals surface area (Å²) in [6.07, 6.45) is -4.45. The molecule has 34 heavy (non-hydrogen) atoms. The molecule has 0 radical (unpaired) electrons. The minimum Gasteiger partial charge on any atom is -0.319 e. The zero-order chi connectivity index (χ0) is 23.7. The van der Waals surface area contributed by atoms with Gasteiger partial charge in [-0.2, -0.15) is 13.2 Å². The molecule has 0 aliphatic heterocycles. The van der Waals surface area contributed by atoms with Crippen molar-refractivity contribution in [1.29, 1.82) is 0 Å². The lowest BCUT2D eigenvalue weighted by molar-refractivity contribution is -0.137. The topological polar surface area (TPSA) is 54.9 Å². The summed E-state index contributed by atoms with van der Waals surface area (Å²) in [6, 6.07) is 23.3. The maximum atomic E-state index is 13.1. The molecular formula is C26H16F3N3OS. The van der Waals surface area contributed by atoms with E-state index < -0.39 is 17.6 Å². The number of halogens is 3. The Morgan fingerprint density at radius 2 is 1.59 bits per heavy atom. The number of anilines is 1. The standard InChI is InChI=1S/C26H16F3N3OS/c27-26(28,29)19-10-4-9-18(14-19)20-13-12-16-8-5-11-21(23(16)30-20)31-24(33)22-15-34-25(32-22)17-6-2-1-3-7-17/h1-15H,(H,31,33). The van der Waals surface area contributed by atoms with Crippen LogP contribution >= 0.6 is 11.3 Å². The minimum absolute atomic E-state index is 0.273. The molecule has 0 atom stereocenters. The minimum atomic E-state index is -4.45. The van der Waals surface area contributed by atoms with Crippen LogP contribution in [0.25, 0.3) is 32.7 Å². The molecule has 0 saturated carbocycles. The number of rotatable bonds is 4. The lowest BCUT2D eigenvalue weighted by Gasteiger charge is -2.11. The van der Waals surface area contributed by atoms with Crippen molar-refractivity contribution in [3.8, 4) is 21.8 Å². The third-order valence-corrected chi connectivity index (χ3v) is 6.10.